The lowest BCUT2D eigenvalue weighted by Crippen LogP contribution is -2.29. The van der Waals surface area contributed by atoms with E-state index in [0.717, 1.165) is 35.7 Å². The summed E-state index contributed by atoms with van der Waals surface area (Å²) in [6.07, 6.45) is 3.62. The van der Waals surface area contributed by atoms with Crippen LogP contribution in [0.3, 0.4) is 0 Å². The largest absolute Gasteiger partial charge is 0.376 e. The van der Waals surface area contributed by atoms with E-state index in [-0.39, 0.29) is 17.5 Å². The number of nitrogens with zero attached hydrogens (tertiary/aromatic N) is 4. The number of hydrogen-bond acceptors (Lipinski definition) is 7. The van der Waals surface area contributed by atoms with Gasteiger partial charge < -0.3 is 4.74 Å². The molecule has 0 N–H and O–H groups in total. The van der Waals surface area contributed by atoms with E-state index in [4.69, 9.17) is 4.74 Å². The second-order valence-corrected chi connectivity index (χ2v) is 9.06. The predicted octanol–water partition coefficient (Wildman–Crippen LogP) is 4.53. The molecule has 158 valence electrons. The van der Waals surface area contributed by atoms with Crippen molar-refractivity contribution in [1.82, 2.24) is 19.5 Å². The molecule has 1 aliphatic heterocycles. The predicted molar refractivity (Wildman–Crippen MR) is 120 cm³/mol. The molecule has 0 amide bonds. The molecular weight excluding hydrogens is 435 g/mol. The Hall–Kier alpha value is -2.62. The SMILES string of the molecule is O=c1c2cccnc2nc(SCc2csc(-c3ccc(F)cc3)n2)n1CC1CCCO1. The quantitative estimate of drug-likeness (QED) is 0.315. The van der Waals surface area contributed by atoms with Crippen LogP contribution in [0.15, 0.2) is 57.9 Å². The molecule has 6 nitrogen and oxygen atoms in total. The normalized spacial score (nSPS) is 16.2. The van der Waals surface area contributed by atoms with Crippen molar-refractivity contribution in [2.24, 2.45) is 0 Å². The lowest BCUT2D eigenvalue weighted by atomic mass is 10.2. The third kappa shape index (κ3) is 4.39. The monoisotopic (exact) mass is 454 g/mol. The molecule has 5 rings (SSSR count). The van der Waals surface area contributed by atoms with Crippen LogP contribution in [0.2, 0.25) is 0 Å². The number of fused-ring (bicyclic) bond motifs is 1. The van der Waals surface area contributed by atoms with Crippen molar-refractivity contribution in [1.29, 1.82) is 0 Å². The van der Waals surface area contributed by atoms with Crippen LogP contribution in [0, 0.1) is 5.82 Å². The molecule has 31 heavy (non-hydrogen) atoms. The van der Waals surface area contributed by atoms with Gasteiger partial charge in [0.2, 0.25) is 0 Å². The van der Waals surface area contributed by atoms with Gasteiger partial charge in [-0.2, -0.15) is 0 Å². The van der Waals surface area contributed by atoms with Crippen LogP contribution >= 0.6 is 23.1 Å². The zero-order chi connectivity index (χ0) is 21.2. The number of pyridine rings is 1. The summed E-state index contributed by atoms with van der Waals surface area (Å²) in [4.78, 5) is 26.7. The lowest BCUT2D eigenvalue weighted by molar-refractivity contribution is 0.0937. The molecule has 9 heteroatoms. The molecule has 1 aromatic carbocycles. The van der Waals surface area contributed by atoms with Crippen molar-refractivity contribution in [2.75, 3.05) is 6.61 Å². The molecule has 1 aliphatic rings. The summed E-state index contributed by atoms with van der Waals surface area (Å²) in [5.74, 6) is 0.296. The molecule has 4 heterocycles. The topological polar surface area (TPSA) is 69.9 Å². The van der Waals surface area contributed by atoms with E-state index in [1.807, 2.05) is 5.38 Å². The zero-order valence-corrected chi connectivity index (χ0v) is 18.2. The zero-order valence-electron chi connectivity index (χ0n) is 16.5. The molecule has 1 unspecified atom stereocenters. The van der Waals surface area contributed by atoms with Gasteiger partial charge in [0, 0.05) is 29.5 Å². The Morgan fingerprint density at radius 3 is 2.90 bits per heavy atom. The van der Waals surface area contributed by atoms with Gasteiger partial charge in [-0.25, -0.2) is 19.3 Å². The number of benzene rings is 1. The molecule has 0 saturated carbocycles. The highest BCUT2D eigenvalue weighted by Crippen LogP contribution is 2.28. The van der Waals surface area contributed by atoms with Crippen LogP contribution in [-0.2, 0) is 17.0 Å². The van der Waals surface area contributed by atoms with Gasteiger partial charge in [0.05, 0.1) is 23.7 Å². The number of thioether (sulfide) groups is 1. The third-order valence-electron chi connectivity index (χ3n) is 5.10. The maximum absolute atomic E-state index is 13.2. The Labute approximate surface area is 186 Å². The van der Waals surface area contributed by atoms with Gasteiger partial charge in [-0.1, -0.05) is 11.8 Å². The second kappa shape index (κ2) is 8.86. The minimum absolute atomic E-state index is 0.0253. The maximum atomic E-state index is 13.2. The summed E-state index contributed by atoms with van der Waals surface area (Å²) in [6, 6.07) is 9.82. The summed E-state index contributed by atoms with van der Waals surface area (Å²) in [5.41, 5.74) is 2.12. The third-order valence-corrected chi connectivity index (χ3v) is 7.05. The van der Waals surface area contributed by atoms with Crippen molar-refractivity contribution >= 4 is 34.1 Å². The van der Waals surface area contributed by atoms with Crippen molar-refractivity contribution in [3.8, 4) is 10.6 Å². The second-order valence-electron chi connectivity index (χ2n) is 7.26. The standard InChI is InChI=1S/C22H19FN4O2S2/c23-15-7-5-14(6-8-15)20-25-16(12-30-20)13-31-22-26-19-18(4-1-9-24-19)21(28)27(22)11-17-3-2-10-29-17/h1,4-9,12,17H,2-3,10-11,13H2. The lowest BCUT2D eigenvalue weighted by Gasteiger charge is -2.16. The Bertz CT molecular complexity index is 1270. The van der Waals surface area contributed by atoms with Crippen LogP contribution in [-0.4, -0.2) is 32.2 Å². The van der Waals surface area contributed by atoms with Crippen LogP contribution in [0.5, 0.6) is 0 Å². The van der Waals surface area contributed by atoms with Gasteiger partial charge in [0.25, 0.3) is 5.56 Å². The molecule has 0 bridgehead atoms. The molecule has 4 aromatic rings. The van der Waals surface area contributed by atoms with E-state index < -0.39 is 0 Å². The molecule has 0 radical (unpaired) electrons. The fraction of sp³-hybridized carbons (Fsp3) is 0.273. The first-order valence-corrected chi connectivity index (χ1v) is 11.8. The average molecular weight is 455 g/mol. The van der Waals surface area contributed by atoms with E-state index in [1.165, 1.54) is 35.2 Å². The first-order valence-electron chi connectivity index (χ1n) is 9.98. The molecule has 1 saturated heterocycles. The molecule has 0 spiro atoms. The highest BCUT2D eigenvalue weighted by Gasteiger charge is 2.20. The number of ether oxygens (including phenoxy) is 1. The molecular formula is C22H19FN4O2S2. The van der Waals surface area contributed by atoms with E-state index in [1.54, 1.807) is 35.0 Å². The number of rotatable bonds is 6. The molecule has 1 atom stereocenters. The minimum atomic E-state index is -0.267. The molecule has 0 aliphatic carbocycles. The molecule has 3 aromatic heterocycles. The smallest absolute Gasteiger partial charge is 0.263 e. The van der Waals surface area contributed by atoms with Gasteiger partial charge in [-0.05, 0) is 49.2 Å². The van der Waals surface area contributed by atoms with Gasteiger partial charge in [0.15, 0.2) is 10.8 Å². The Morgan fingerprint density at radius 2 is 2.10 bits per heavy atom. The average Bonchev–Trinajstić information content (AvgIpc) is 3.47. The number of halogens is 1. The Balaban J connectivity index is 1.41. The Kier molecular flexibility index (Phi) is 5.80. The van der Waals surface area contributed by atoms with Gasteiger partial charge in [-0.15, -0.1) is 11.3 Å². The summed E-state index contributed by atoms with van der Waals surface area (Å²) in [5, 5.41) is 3.94. The van der Waals surface area contributed by atoms with E-state index in [9.17, 15) is 9.18 Å². The first-order chi connectivity index (χ1) is 15.2. The van der Waals surface area contributed by atoms with Gasteiger partial charge in [-0.3, -0.25) is 9.36 Å². The van der Waals surface area contributed by atoms with Gasteiger partial charge >= 0.3 is 0 Å². The van der Waals surface area contributed by atoms with Crippen LogP contribution < -0.4 is 5.56 Å². The highest BCUT2D eigenvalue weighted by molar-refractivity contribution is 7.98. The number of aromatic nitrogens is 4. The van der Waals surface area contributed by atoms with E-state index in [0.29, 0.717) is 28.5 Å². The van der Waals surface area contributed by atoms with Crippen molar-refractivity contribution in [2.45, 2.75) is 36.4 Å². The summed E-state index contributed by atoms with van der Waals surface area (Å²) < 4.78 is 20.6. The summed E-state index contributed by atoms with van der Waals surface area (Å²) >= 11 is 2.98. The van der Waals surface area contributed by atoms with E-state index in [2.05, 4.69) is 15.0 Å². The van der Waals surface area contributed by atoms with Crippen LogP contribution in [0.4, 0.5) is 4.39 Å². The first kappa shape index (κ1) is 20.3. The number of thiazole rings is 1. The van der Waals surface area contributed by atoms with Crippen molar-refractivity contribution in [3.05, 3.63) is 69.8 Å². The minimum Gasteiger partial charge on any atom is -0.376 e. The van der Waals surface area contributed by atoms with Gasteiger partial charge in [0.1, 0.15) is 10.8 Å². The fourth-order valence-corrected chi connectivity index (χ4v) is 5.36. The summed E-state index contributed by atoms with van der Waals surface area (Å²) in [6.45, 7) is 1.21. The Morgan fingerprint density at radius 1 is 1.23 bits per heavy atom. The fourth-order valence-electron chi connectivity index (χ4n) is 3.54. The van der Waals surface area contributed by atoms with Crippen LogP contribution in [0.1, 0.15) is 18.5 Å². The van der Waals surface area contributed by atoms with E-state index >= 15 is 0 Å². The highest BCUT2D eigenvalue weighted by atomic mass is 32.2. The van der Waals surface area contributed by atoms with Crippen LogP contribution in [0.25, 0.3) is 21.6 Å². The van der Waals surface area contributed by atoms with Crippen molar-refractivity contribution in [3.63, 3.8) is 0 Å². The van der Waals surface area contributed by atoms with Crippen molar-refractivity contribution < 1.29 is 9.13 Å². The number of hydrogen-bond donors (Lipinski definition) is 0. The summed E-state index contributed by atoms with van der Waals surface area (Å²) in [7, 11) is 0. The maximum Gasteiger partial charge on any atom is 0.263 e. The molecule has 1 fully saturated rings.